The molecule has 100 valence electrons. The summed E-state index contributed by atoms with van der Waals surface area (Å²) < 4.78 is 0. The van der Waals surface area contributed by atoms with E-state index in [1.165, 1.54) is 11.9 Å². The van der Waals surface area contributed by atoms with E-state index in [4.69, 9.17) is 5.73 Å². The molecule has 0 saturated carbocycles. The van der Waals surface area contributed by atoms with Crippen LogP contribution in [0.1, 0.15) is 30.0 Å². The highest BCUT2D eigenvalue weighted by molar-refractivity contribution is 5.55. The maximum atomic E-state index is 5.91. The van der Waals surface area contributed by atoms with Crippen molar-refractivity contribution < 1.29 is 0 Å². The third-order valence-electron chi connectivity index (χ3n) is 3.06. The van der Waals surface area contributed by atoms with Crippen molar-refractivity contribution in [3.8, 4) is 0 Å². The van der Waals surface area contributed by atoms with Gasteiger partial charge in [-0.15, -0.1) is 0 Å². The number of aryl methyl sites for hydroxylation is 1. The molecule has 0 amide bonds. The van der Waals surface area contributed by atoms with Crippen LogP contribution in [0.4, 0.5) is 11.6 Å². The summed E-state index contributed by atoms with van der Waals surface area (Å²) in [7, 11) is 0. The van der Waals surface area contributed by atoms with Gasteiger partial charge in [-0.1, -0.05) is 13.3 Å². The van der Waals surface area contributed by atoms with Crippen LogP contribution in [0.5, 0.6) is 0 Å². The summed E-state index contributed by atoms with van der Waals surface area (Å²) in [6.45, 7) is 4.87. The highest BCUT2D eigenvalue weighted by Crippen LogP contribution is 2.20. The molecule has 2 rings (SSSR count). The van der Waals surface area contributed by atoms with Crippen LogP contribution in [0, 0.1) is 6.92 Å². The molecule has 0 aliphatic carbocycles. The van der Waals surface area contributed by atoms with Gasteiger partial charge in [-0.3, -0.25) is 4.98 Å². The van der Waals surface area contributed by atoms with Gasteiger partial charge in [-0.05, 0) is 30.5 Å². The van der Waals surface area contributed by atoms with Crippen LogP contribution >= 0.6 is 0 Å². The molecule has 0 radical (unpaired) electrons. The molecule has 2 heterocycles. The fraction of sp³-hybridized carbons (Fsp3) is 0.357. The van der Waals surface area contributed by atoms with Crippen molar-refractivity contribution in [3.63, 3.8) is 0 Å². The lowest BCUT2D eigenvalue weighted by Crippen LogP contribution is -2.09. The molecule has 0 unspecified atom stereocenters. The molecule has 0 fully saturated rings. The summed E-state index contributed by atoms with van der Waals surface area (Å²) in [5.74, 6) is 1.39. The Morgan fingerprint density at radius 1 is 1.32 bits per heavy atom. The Morgan fingerprint density at radius 3 is 2.89 bits per heavy atom. The zero-order valence-corrected chi connectivity index (χ0v) is 11.3. The summed E-state index contributed by atoms with van der Waals surface area (Å²) in [6.07, 6.45) is 7.05. The minimum atomic E-state index is 0.561. The van der Waals surface area contributed by atoms with Crippen LogP contribution in [0.25, 0.3) is 0 Å². The zero-order valence-electron chi connectivity index (χ0n) is 11.3. The van der Waals surface area contributed by atoms with Crippen LogP contribution in [-0.4, -0.2) is 15.0 Å². The van der Waals surface area contributed by atoms with E-state index in [1.54, 1.807) is 6.20 Å². The number of anilines is 2. The first-order valence-electron chi connectivity index (χ1n) is 6.45. The topological polar surface area (TPSA) is 76.7 Å². The summed E-state index contributed by atoms with van der Waals surface area (Å²) in [5, 5.41) is 3.34. The highest BCUT2D eigenvalue weighted by atomic mass is 15.0. The summed E-state index contributed by atoms with van der Waals surface area (Å²) in [6, 6.07) is 2.01. The molecular formula is C14H19N5. The minimum Gasteiger partial charge on any atom is -0.383 e. The van der Waals surface area contributed by atoms with Crippen molar-refractivity contribution in [2.75, 3.05) is 11.1 Å². The number of pyridine rings is 1. The van der Waals surface area contributed by atoms with Gasteiger partial charge >= 0.3 is 0 Å². The van der Waals surface area contributed by atoms with E-state index in [1.807, 2.05) is 19.2 Å². The first-order chi connectivity index (χ1) is 9.22. The van der Waals surface area contributed by atoms with Crippen LogP contribution in [-0.2, 0) is 13.0 Å². The van der Waals surface area contributed by atoms with Gasteiger partial charge < -0.3 is 11.1 Å². The van der Waals surface area contributed by atoms with Crippen LogP contribution in [0.3, 0.4) is 0 Å². The lowest BCUT2D eigenvalue weighted by Gasteiger charge is -2.12. The Balaban J connectivity index is 2.16. The van der Waals surface area contributed by atoms with Crippen molar-refractivity contribution in [2.45, 2.75) is 33.2 Å². The van der Waals surface area contributed by atoms with E-state index in [-0.39, 0.29) is 0 Å². The molecule has 0 spiro atoms. The lowest BCUT2D eigenvalue weighted by molar-refractivity contribution is 0.901. The van der Waals surface area contributed by atoms with Gasteiger partial charge in [0, 0.05) is 24.5 Å². The van der Waals surface area contributed by atoms with Gasteiger partial charge in [0.25, 0.3) is 0 Å². The number of nitrogens with two attached hydrogens (primary N) is 1. The second kappa shape index (κ2) is 6.13. The van der Waals surface area contributed by atoms with Crippen LogP contribution in [0.2, 0.25) is 0 Å². The van der Waals surface area contributed by atoms with Gasteiger partial charge in [-0.2, -0.15) is 0 Å². The van der Waals surface area contributed by atoms with E-state index < -0.39 is 0 Å². The highest BCUT2D eigenvalue weighted by Gasteiger charge is 2.08. The van der Waals surface area contributed by atoms with Crippen molar-refractivity contribution in [3.05, 3.63) is 41.5 Å². The summed E-state index contributed by atoms with van der Waals surface area (Å²) in [4.78, 5) is 12.4. The summed E-state index contributed by atoms with van der Waals surface area (Å²) in [5.41, 5.74) is 9.27. The maximum absolute atomic E-state index is 5.91. The molecule has 0 aliphatic rings. The molecule has 3 N–H and O–H groups in total. The Kier molecular flexibility index (Phi) is 4.28. The normalized spacial score (nSPS) is 10.4. The molecule has 0 aromatic carbocycles. The Hall–Kier alpha value is -2.17. The Bertz CT molecular complexity index is 553. The van der Waals surface area contributed by atoms with Crippen molar-refractivity contribution >= 4 is 11.6 Å². The van der Waals surface area contributed by atoms with Gasteiger partial charge in [-0.25, -0.2) is 9.97 Å². The molecule has 2 aromatic heterocycles. The van der Waals surface area contributed by atoms with E-state index in [0.717, 1.165) is 29.8 Å². The predicted molar refractivity (Wildman–Crippen MR) is 76.7 cm³/mol. The smallest absolute Gasteiger partial charge is 0.134 e. The van der Waals surface area contributed by atoms with Gasteiger partial charge in [0.2, 0.25) is 0 Å². The molecule has 0 saturated heterocycles. The largest absolute Gasteiger partial charge is 0.383 e. The number of hydrogen-bond acceptors (Lipinski definition) is 5. The standard InChI is InChI=1S/C14H19N5/c1-3-4-12-13(15)18-9-19-14(12)17-8-11-5-6-16-7-10(11)2/h5-7,9H,3-4,8H2,1-2H3,(H3,15,17,18,19). The number of rotatable bonds is 5. The average molecular weight is 257 g/mol. The number of nitrogens with one attached hydrogen (secondary N) is 1. The molecule has 5 heteroatoms. The lowest BCUT2D eigenvalue weighted by atomic mass is 10.1. The monoisotopic (exact) mass is 257 g/mol. The second-order valence-corrected chi connectivity index (χ2v) is 4.49. The third-order valence-corrected chi connectivity index (χ3v) is 3.06. The molecule has 0 aliphatic heterocycles. The first kappa shape index (κ1) is 13.3. The van der Waals surface area contributed by atoms with E-state index >= 15 is 0 Å². The van der Waals surface area contributed by atoms with Crippen molar-refractivity contribution in [1.29, 1.82) is 0 Å². The molecule has 19 heavy (non-hydrogen) atoms. The molecular weight excluding hydrogens is 238 g/mol. The molecule has 0 bridgehead atoms. The summed E-state index contributed by atoms with van der Waals surface area (Å²) >= 11 is 0. The molecule has 2 aromatic rings. The quantitative estimate of drug-likeness (QED) is 0.859. The molecule has 5 nitrogen and oxygen atoms in total. The first-order valence-corrected chi connectivity index (χ1v) is 6.45. The Morgan fingerprint density at radius 2 is 2.16 bits per heavy atom. The minimum absolute atomic E-state index is 0.561. The molecule has 0 atom stereocenters. The average Bonchev–Trinajstić information content (AvgIpc) is 2.41. The second-order valence-electron chi connectivity index (χ2n) is 4.49. The van der Waals surface area contributed by atoms with E-state index in [0.29, 0.717) is 12.4 Å². The van der Waals surface area contributed by atoms with Crippen LogP contribution in [0.15, 0.2) is 24.8 Å². The number of nitrogens with zero attached hydrogens (tertiary/aromatic N) is 3. The number of aromatic nitrogens is 3. The zero-order chi connectivity index (χ0) is 13.7. The van der Waals surface area contributed by atoms with Gasteiger partial charge in [0.05, 0.1) is 0 Å². The van der Waals surface area contributed by atoms with Gasteiger partial charge in [0.15, 0.2) is 0 Å². The van der Waals surface area contributed by atoms with Crippen LogP contribution < -0.4 is 11.1 Å². The van der Waals surface area contributed by atoms with Crippen molar-refractivity contribution in [2.24, 2.45) is 0 Å². The SMILES string of the molecule is CCCc1c(N)ncnc1NCc1ccncc1C. The Labute approximate surface area is 113 Å². The van der Waals surface area contributed by atoms with Gasteiger partial charge in [0.1, 0.15) is 18.0 Å². The fourth-order valence-corrected chi connectivity index (χ4v) is 1.95. The third kappa shape index (κ3) is 3.19. The van der Waals surface area contributed by atoms with Crippen molar-refractivity contribution in [1.82, 2.24) is 15.0 Å². The number of nitrogen functional groups attached to an aromatic ring is 1. The predicted octanol–water partition coefficient (Wildman–Crippen LogP) is 2.33. The van der Waals surface area contributed by atoms with E-state index in [9.17, 15) is 0 Å². The number of hydrogen-bond donors (Lipinski definition) is 2. The maximum Gasteiger partial charge on any atom is 0.134 e. The fourth-order valence-electron chi connectivity index (χ4n) is 1.95. The van der Waals surface area contributed by atoms with E-state index in [2.05, 4.69) is 27.2 Å².